The zero-order valence-corrected chi connectivity index (χ0v) is 8.54. The van der Waals surface area contributed by atoms with Gasteiger partial charge < -0.3 is 10.2 Å². The van der Waals surface area contributed by atoms with Crippen LogP contribution in [0.2, 0.25) is 0 Å². The van der Waals surface area contributed by atoms with E-state index in [1.54, 1.807) is 0 Å². The van der Waals surface area contributed by atoms with Crippen molar-refractivity contribution in [3.8, 4) is 0 Å². The molecule has 78 valence electrons. The van der Waals surface area contributed by atoms with Crippen LogP contribution in [-0.2, 0) is 4.79 Å². The van der Waals surface area contributed by atoms with Gasteiger partial charge in [-0.2, -0.15) is 0 Å². The Morgan fingerprint density at radius 1 is 1.14 bits per heavy atom. The quantitative estimate of drug-likeness (QED) is 0.658. The van der Waals surface area contributed by atoms with Gasteiger partial charge in [0, 0.05) is 19.0 Å². The summed E-state index contributed by atoms with van der Waals surface area (Å²) < 4.78 is 0. The van der Waals surface area contributed by atoms with E-state index in [2.05, 4.69) is 10.2 Å². The fraction of sp³-hybridized carbons (Fsp3) is 0.909. The number of fused-ring (bicyclic) bond motifs is 2. The lowest BCUT2D eigenvalue weighted by Gasteiger charge is -2.41. The van der Waals surface area contributed by atoms with Gasteiger partial charge in [0.25, 0.3) is 0 Å². The van der Waals surface area contributed by atoms with Crippen LogP contribution < -0.4 is 5.32 Å². The van der Waals surface area contributed by atoms with E-state index in [1.807, 2.05) is 0 Å². The molecule has 0 aromatic carbocycles. The summed E-state index contributed by atoms with van der Waals surface area (Å²) in [5.41, 5.74) is 0. The first-order valence-corrected chi connectivity index (χ1v) is 5.82. The lowest BCUT2D eigenvalue weighted by Crippen LogP contribution is -2.53. The average Bonchev–Trinajstić information content (AvgIpc) is 2.99. The van der Waals surface area contributed by atoms with E-state index in [1.165, 1.54) is 6.42 Å². The third-order valence-corrected chi connectivity index (χ3v) is 3.73. The van der Waals surface area contributed by atoms with Crippen molar-refractivity contribution in [3.05, 3.63) is 0 Å². The molecule has 2 aliphatic heterocycles. The Kier molecular flexibility index (Phi) is 2.01. The molecule has 3 heteroatoms. The monoisotopic (exact) mass is 194 g/mol. The number of hydrogen-bond acceptors (Lipinski definition) is 2. The molecule has 1 aliphatic carbocycles. The molecule has 3 rings (SSSR count). The Labute approximate surface area is 84.8 Å². The number of amides is 1. The summed E-state index contributed by atoms with van der Waals surface area (Å²) in [5.74, 6) is 2.30. The van der Waals surface area contributed by atoms with Gasteiger partial charge in [0.15, 0.2) is 0 Å². The number of nitrogens with one attached hydrogen (secondary N) is 1. The van der Waals surface area contributed by atoms with E-state index in [4.69, 9.17) is 0 Å². The predicted molar refractivity (Wildman–Crippen MR) is 53.8 cm³/mol. The predicted octanol–water partition coefficient (Wildman–Crippen LogP) is 0.464. The molecule has 0 aromatic rings. The zero-order chi connectivity index (χ0) is 9.54. The van der Waals surface area contributed by atoms with E-state index < -0.39 is 0 Å². The molecule has 3 nitrogen and oxygen atoms in total. The Balaban J connectivity index is 1.66. The molecular weight excluding hydrogens is 176 g/mol. The molecule has 0 radical (unpaired) electrons. The molecule has 14 heavy (non-hydrogen) atoms. The highest BCUT2D eigenvalue weighted by atomic mass is 16.2. The van der Waals surface area contributed by atoms with E-state index in [0.717, 1.165) is 50.9 Å². The molecule has 2 atom stereocenters. The van der Waals surface area contributed by atoms with Crippen molar-refractivity contribution in [2.75, 3.05) is 26.2 Å². The first kappa shape index (κ1) is 8.72. The maximum atomic E-state index is 11.9. The van der Waals surface area contributed by atoms with Crippen LogP contribution in [0.5, 0.6) is 0 Å². The van der Waals surface area contributed by atoms with Crippen LogP contribution in [0, 0.1) is 17.8 Å². The summed E-state index contributed by atoms with van der Waals surface area (Å²) in [7, 11) is 0. The lowest BCUT2D eigenvalue weighted by atomic mass is 9.85. The molecule has 3 fully saturated rings. The second-order valence-electron chi connectivity index (χ2n) is 5.14. The lowest BCUT2D eigenvalue weighted by molar-refractivity contribution is -0.136. The first-order valence-electron chi connectivity index (χ1n) is 5.82. The van der Waals surface area contributed by atoms with Crippen molar-refractivity contribution in [2.45, 2.75) is 19.3 Å². The number of rotatable bonds is 1. The van der Waals surface area contributed by atoms with Gasteiger partial charge in [-0.3, -0.25) is 4.79 Å². The average molecular weight is 194 g/mol. The Morgan fingerprint density at radius 2 is 1.79 bits per heavy atom. The van der Waals surface area contributed by atoms with Crippen LogP contribution in [0.25, 0.3) is 0 Å². The minimum atomic E-state index is 0.404. The number of hydrogen-bond donors (Lipinski definition) is 1. The maximum absolute atomic E-state index is 11.9. The summed E-state index contributed by atoms with van der Waals surface area (Å²) in [6, 6.07) is 0. The van der Waals surface area contributed by atoms with Gasteiger partial charge in [0.2, 0.25) is 5.91 Å². The number of carbonyl (C=O) groups excluding carboxylic acids is 1. The summed E-state index contributed by atoms with van der Waals surface area (Å²) in [6.07, 6.45) is 3.62. The highest BCUT2D eigenvalue weighted by molar-refractivity contribution is 5.81. The number of carbonyl (C=O) groups is 1. The smallest absolute Gasteiger partial charge is 0.225 e. The van der Waals surface area contributed by atoms with Crippen LogP contribution in [0.15, 0.2) is 0 Å². The summed E-state index contributed by atoms with van der Waals surface area (Å²) in [4.78, 5) is 14.0. The molecule has 2 saturated heterocycles. The van der Waals surface area contributed by atoms with Gasteiger partial charge in [0.05, 0.1) is 0 Å². The zero-order valence-electron chi connectivity index (χ0n) is 8.54. The number of nitrogens with zero attached hydrogens (tertiary/aromatic N) is 1. The van der Waals surface area contributed by atoms with Crippen LogP contribution in [0.4, 0.5) is 0 Å². The first-order chi connectivity index (χ1) is 6.83. The summed E-state index contributed by atoms with van der Waals surface area (Å²) >= 11 is 0. The van der Waals surface area contributed by atoms with Gasteiger partial charge in [0.1, 0.15) is 0 Å². The Bertz CT molecular complexity index is 238. The molecular formula is C11H18N2O. The van der Waals surface area contributed by atoms with Crippen molar-refractivity contribution >= 4 is 5.91 Å². The fourth-order valence-electron chi connectivity index (χ4n) is 2.87. The molecule has 0 spiro atoms. The standard InChI is InChI=1S/C11H18N2O/c14-11(10-1-2-10)13-6-8-3-9(7-13)5-12-4-8/h8-10,12H,1-7H2/t8-,9+. The van der Waals surface area contributed by atoms with E-state index >= 15 is 0 Å². The van der Waals surface area contributed by atoms with Crippen molar-refractivity contribution in [2.24, 2.45) is 17.8 Å². The largest absolute Gasteiger partial charge is 0.342 e. The fourth-order valence-corrected chi connectivity index (χ4v) is 2.87. The van der Waals surface area contributed by atoms with E-state index in [-0.39, 0.29) is 0 Å². The van der Waals surface area contributed by atoms with E-state index in [9.17, 15) is 4.79 Å². The van der Waals surface area contributed by atoms with Gasteiger partial charge >= 0.3 is 0 Å². The van der Waals surface area contributed by atoms with Gasteiger partial charge in [-0.05, 0) is 44.2 Å². The Hall–Kier alpha value is -0.570. The van der Waals surface area contributed by atoms with Crippen molar-refractivity contribution in [3.63, 3.8) is 0 Å². The minimum Gasteiger partial charge on any atom is -0.342 e. The van der Waals surface area contributed by atoms with Crippen molar-refractivity contribution in [1.29, 1.82) is 0 Å². The molecule has 2 heterocycles. The van der Waals surface area contributed by atoms with E-state index in [0.29, 0.717) is 11.8 Å². The third-order valence-electron chi connectivity index (χ3n) is 3.73. The minimum absolute atomic E-state index is 0.404. The molecule has 1 amide bonds. The van der Waals surface area contributed by atoms with Gasteiger partial charge in [-0.1, -0.05) is 0 Å². The van der Waals surface area contributed by atoms with Crippen LogP contribution in [0.3, 0.4) is 0 Å². The number of piperidine rings is 2. The molecule has 0 aromatic heterocycles. The topological polar surface area (TPSA) is 32.3 Å². The molecule has 3 aliphatic rings. The highest BCUT2D eigenvalue weighted by Gasteiger charge is 2.38. The van der Waals surface area contributed by atoms with Crippen LogP contribution >= 0.6 is 0 Å². The molecule has 0 unspecified atom stereocenters. The number of likely N-dealkylation sites (tertiary alicyclic amines) is 1. The maximum Gasteiger partial charge on any atom is 0.225 e. The summed E-state index contributed by atoms with van der Waals surface area (Å²) in [6.45, 7) is 4.26. The van der Waals surface area contributed by atoms with Crippen LogP contribution in [-0.4, -0.2) is 37.0 Å². The second-order valence-corrected chi connectivity index (χ2v) is 5.14. The molecule has 2 bridgehead atoms. The normalized spacial score (nSPS) is 37.0. The SMILES string of the molecule is O=C(C1CC1)N1C[C@@H]2CNC[C@@H](C2)C1. The molecule has 1 N–H and O–H groups in total. The Morgan fingerprint density at radius 3 is 2.36 bits per heavy atom. The van der Waals surface area contributed by atoms with Crippen molar-refractivity contribution < 1.29 is 4.79 Å². The summed E-state index contributed by atoms with van der Waals surface area (Å²) in [5, 5.41) is 3.45. The second kappa shape index (κ2) is 3.23. The van der Waals surface area contributed by atoms with Crippen LogP contribution in [0.1, 0.15) is 19.3 Å². The molecule has 1 saturated carbocycles. The van der Waals surface area contributed by atoms with Gasteiger partial charge in [-0.25, -0.2) is 0 Å². The highest BCUT2D eigenvalue weighted by Crippen LogP contribution is 2.33. The van der Waals surface area contributed by atoms with Crippen molar-refractivity contribution in [1.82, 2.24) is 10.2 Å². The van der Waals surface area contributed by atoms with Gasteiger partial charge in [-0.15, -0.1) is 0 Å². The third kappa shape index (κ3) is 1.54.